The van der Waals surface area contributed by atoms with Gasteiger partial charge < -0.3 is 9.42 Å². The molecule has 8 heteroatoms. The molecule has 8 nitrogen and oxygen atoms in total. The second-order valence-electron chi connectivity index (χ2n) is 9.36. The average Bonchev–Trinajstić information content (AvgIpc) is 3.50. The van der Waals surface area contributed by atoms with Gasteiger partial charge in [0.15, 0.2) is 22.9 Å². The van der Waals surface area contributed by atoms with Crippen molar-refractivity contribution in [3.63, 3.8) is 0 Å². The molecule has 1 aliphatic heterocycles. The van der Waals surface area contributed by atoms with E-state index in [4.69, 9.17) is 14.6 Å². The molecule has 0 amide bonds. The number of likely N-dealkylation sites (N-methyl/N-ethyl adjacent to an activating group) is 1. The van der Waals surface area contributed by atoms with E-state index >= 15 is 0 Å². The Morgan fingerprint density at radius 3 is 2.94 bits per heavy atom. The zero-order valence-electron chi connectivity index (χ0n) is 19.3. The Hall–Kier alpha value is -2.61. The van der Waals surface area contributed by atoms with Gasteiger partial charge in [0.05, 0.1) is 23.5 Å². The third-order valence-electron chi connectivity index (χ3n) is 7.16. The molecule has 0 spiro atoms. The molecule has 1 fully saturated rings. The van der Waals surface area contributed by atoms with Crippen LogP contribution in [0, 0.1) is 6.92 Å². The third kappa shape index (κ3) is 3.74. The van der Waals surface area contributed by atoms with Crippen LogP contribution in [-0.2, 0) is 17.8 Å². The molecular weight excluding hydrogens is 404 g/mol. The first-order chi connectivity index (χ1) is 15.6. The topological polar surface area (TPSA) is 89.9 Å². The van der Waals surface area contributed by atoms with Crippen molar-refractivity contribution in [1.82, 2.24) is 29.8 Å². The Balaban J connectivity index is 1.48. The average molecular weight is 437 g/mol. The fourth-order valence-electron chi connectivity index (χ4n) is 5.22. The van der Waals surface area contributed by atoms with Crippen molar-refractivity contribution in [2.45, 2.75) is 83.7 Å². The van der Waals surface area contributed by atoms with E-state index in [0.29, 0.717) is 24.0 Å². The summed E-state index contributed by atoms with van der Waals surface area (Å²) in [5.41, 5.74) is 3.47. The van der Waals surface area contributed by atoms with Gasteiger partial charge in [-0.05, 0) is 59.0 Å². The summed E-state index contributed by atoms with van der Waals surface area (Å²) in [6.07, 6.45) is 9.44. The smallest absolute Gasteiger partial charge is 0.184 e. The van der Waals surface area contributed by atoms with Crippen LogP contribution in [0.2, 0.25) is 0 Å². The summed E-state index contributed by atoms with van der Waals surface area (Å²) in [6, 6.07) is 0.477. The molecule has 1 saturated heterocycles. The van der Waals surface area contributed by atoms with Gasteiger partial charge in [-0.2, -0.15) is 5.10 Å². The van der Waals surface area contributed by atoms with Crippen LogP contribution < -0.4 is 0 Å². The van der Waals surface area contributed by atoms with Crippen LogP contribution in [0.25, 0.3) is 22.6 Å². The lowest BCUT2D eigenvalue weighted by atomic mass is 9.83. The Morgan fingerprint density at radius 1 is 1.28 bits per heavy atom. The molecule has 1 aliphatic carbocycles. The van der Waals surface area contributed by atoms with Gasteiger partial charge in [0.25, 0.3) is 0 Å². The summed E-state index contributed by atoms with van der Waals surface area (Å²) in [5, 5.41) is 10.1. The number of hydrogen-bond donors (Lipinski definition) is 0. The predicted octanol–water partition coefficient (Wildman–Crippen LogP) is 4.06. The van der Waals surface area contributed by atoms with Gasteiger partial charge in [-0.1, -0.05) is 18.5 Å². The summed E-state index contributed by atoms with van der Waals surface area (Å²) in [7, 11) is 2.18. The van der Waals surface area contributed by atoms with Gasteiger partial charge in [-0.3, -0.25) is 4.79 Å². The van der Waals surface area contributed by atoms with Crippen LogP contribution in [0.1, 0.15) is 74.8 Å². The monoisotopic (exact) mass is 436 g/mol. The van der Waals surface area contributed by atoms with Crippen molar-refractivity contribution < 1.29 is 9.32 Å². The van der Waals surface area contributed by atoms with Gasteiger partial charge in [0.1, 0.15) is 5.78 Å². The van der Waals surface area contributed by atoms with Crippen molar-refractivity contribution in [3.8, 4) is 11.5 Å². The number of Topliss-reactive ketones (excluding diaryl/α,β-unsaturated/α-hetero) is 1. The highest BCUT2D eigenvalue weighted by Crippen LogP contribution is 2.38. The highest BCUT2D eigenvalue weighted by atomic mass is 16.5. The van der Waals surface area contributed by atoms with E-state index in [0.717, 1.165) is 73.2 Å². The van der Waals surface area contributed by atoms with Crippen LogP contribution in [0.4, 0.5) is 0 Å². The number of carbonyl (C=O) groups excluding carboxylic acids is 1. The normalized spacial score (nSPS) is 21.3. The highest BCUT2D eigenvalue weighted by Gasteiger charge is 2.33. The summed E-state index contributed by atoms with van der Waals surface area (Å²) >= 11 is 0. The van der Waals surface area contributed by atoms with E-state index in [1.54, 1.807) is 0 Å². The standard InChI is InChI=1S/C24H32N6O2/c1-4-5-11-20(31)17-9-6-10-18-21(28-32-22(17)18)23-25-13-19-15(2)27-30(24(19)26-23)14-16-8-7-12-29(16)3/h13,16-17H,4-12,14H2,1-3H3/t16-,17+/m0/s1. The van der Waals surface area contributed by atoms with Crippen molar-refractivity contribution in [2.75, 3.05) is 13.6 Å². The van der Waals surface area contributed by atoms with E-state index in [1.165, 1.54) is 12.8 Å². The van der Waals surface area contributed by atoms with Crippen molar-refractivity contribution in [1.29, 1.82) is 0 Å². The molecule has 0 saturated carbocycles. The van der Waals surface area contributed by atoms with Crippen molar-refractivity contribution in [3.05, 3.63) is 23.2 Å². The molecule has 0 radical (unpaired) electrons. The molecule has 0 unspecified atom stereocenters. The molecule has 3 aromatic heterocycles. The van der Waals surface area contributed by atoms with Crippen LogP contribution in [0.15, 0.2) is 10.7 Å². The Labute approximate surface area is 188 Å². The number of fused-ring (bicyclic) bond motifs is 2. The number of carbonyl (C=O) groups is 1. The maximum absolute atomic E-state index is 12.7. The number of ketones is 1. The first-order valence-electron chi connectivity index (χ1n) is 12.0. The number of aromatic nitrogens is 5. The molecule has 3 aromatic rings. The summed E-state index contributed by atoms with van der Waals surface area (Å²) < 4.78 is 7.76. The maximum atomic E-state index is 12.7. The largest absolute Gasteiger partial charge is 0.360 e. The van der Waals surface area contributed by atoms with Crippen LogP contribution in [0.5, 0.6) is 0 Å². The van der Waals surface area contributed by atoms with Crippen molar-refractivity contribution >= 4 is 16.8 Å². The lowest BCUT2D eigenvalue weighted by molar-refractivity contribution is -0.121. The Kier molecular flexibility index (Phi) is 5.80. The Bertz CT molecular complexity index is 1130. The number of likely N-dealkylation sites (tertiary alicyclic amines) is 1. The third-order valence-corrected chi connectivity index (χ3v) is 7.16. The molecule has 32 heavy (non-hydrogen) atoms. The van der Waals surface area contributed by atoms with E-state index < -0.39 is 0 Å². The molecule has 5 rings (SSSR count). The van der Waals surface area contributed by atoms with E-state index in [1.807, 2.05) is 17.8 Å². The number of nitrogens with zero attached hydrogens (tertiary/aromatic N) is 6. The zero-order valence-corrected chi connectivity index (χ0v) is 19.3. The highest BCUT2D eigenvalue weighted by molar-refractivity contribution is 5.86. The minimum atomic E-state index is -0.180. The SMILES string of the molecule is CCCCC(=O)[C@H]1CCCc2c(-c3ncc4c(C)nn(C[C@@H]5CCCN5C)c4n3)noc21. The van der Waals surface area contributed by atoms with Gasteiger partial charge in [-0.25, -0.2) is 14.6 Å². The molecule has 4 heterocycles. The van der Waals surface area contributed by atoms with Crippen LogP contribution >= 0.6 is 0 Å². The predicted molar refractivity (Wildman–Crippen MR) is 121 cm³/mol. The van der Waals surface area contributed by atoms with E-state index in [9.17, 15) is 4.79 Å². The number of hydrogen-bond acceptors (Lipinski definition) is 7. The first-order valence-corrected chi connectivity index (χ1v) is 12.0. The summed E-state index contributed by atoms with van der Waals surface area (Å²) in [6.45, 7) is 6.07. The minimum absolute atomic E-state index is 0.180. The summed E-state index contributed by atoms with van der Waals surface area (Å²) in [5.74, 6) is 1.38. The molecule has 2 aliphatic rings. The molecule has 0 bridgehead atoms. The van der Waals surface area contributed by atoms with E-state index in [2.05, 4.69) is 29.0 Å². The Morgan fingerprint density at radius 2 is 2.16 bits per heavy atom. The number of unbranched alkanes of at least 4 members (excludes halogenated alkanes) is 1. The zero-order chi connectivity index (χ0) is 22.2. The van der Waals surface area contributed by atoms with Gasteiger partial charge in [0, 0.05) is 24.2 Å². The minimum Gasteiger partial charge on any atom is -0.360 e. The molecule has 2 atom stereocenters. The number of rotatable bonds is 7. The molecule has 170 valence electrons. The van der Waals surface area contributed by atoms with Gasteiger partial charge >= 0.3 is 0 Å². The lowest BCUT2D eigenvalue weighted by Gasteiger charge is -2.19. The summed E-state index contributed by atoms with van der Waals surface area (Å²) in [4.78, 5) is 24.7. The van der Waals surface area contributed by atoms with Crippen LogP contribution in [-0.4, -0.2) is 55.2 Å². The van der Waals surface area contributed by atoms with Gasteiger partial charge in [0.2, 0.25) is 0 Å². The van der Waals surface area contributed by atoms with Crippen LogP contribution in [0.3, 0.4) is 0 Å². The maximum Gasteiger partial charge on any atom is 0.184 e. The second-order valence-corrected chi connectivity index (χ2v) is 9.36. The lowest BCUT2D eigenvalue weighted by Crippen LogP contribution is -2.29. The van der Waals surface area contributed by atoms with Gasteiger partial charge in [-0.15, -0.1) is 0 Å². The quantitative estimate of drug-likeness (QED) is 0.551. The molecule has 0 aromatic carbocycles. The van der Waals surface area contributed by atoms with E-state index in [-0.39, 0.29) is 11.7 Å². The fraction of sp³-hybridized carbons (Fsp3) is 0.625. The molecular formula is C24H32N6O2. The molecule has 0 N–H and O–H groups in total. The number of aryl methyl sites for hydroxylation is 1. The van der Waals surface area contributed by atoms with Crippen molar-refractivity contribution in [2.24, 2.45) is 0 Å². The fourth-order valence-corrected chi connectivity index (χ4v) is 5.22. The first kappa shape index (κ1) is 21.2. The second kappa shape index (κ2) is 8.73.